The molecule has 0 amide bonds. The minimum Gasteiger partial charge on any atom is -0.382 e. The molecule has 0 atom stereocenters. The van der Waals surface area contributed by atoms with Crippen molar-refractivity contribution < 1.29 is 0 Å². The van der Waals surface area contributed by atoms with E-state index in [9.17, 15) is 0 Å². The van der Waals surface area contributed by atoms with Crippen molar-refractivity contribution in [2.75, 3.05) is 11.5 Å². The Labute approximate surface area is 149 Å². The quantitative estimate of drug-likeness (QED) is 0.423. The second-order valence-electron chi connectivity index (χ2n) is 5.70. The molecule has 3 heterocycles. The van der Waals surface area contributed by atoms with E-state index in [4.69, 9.17) is 10.7 Å². The zero-order valence-electron chi connectivity index (χ0n) is 14.0. The third-order valence-electron chi connectivity index (χ3n) is 4.14. The maximum absolute atomic E-state index is 5.83. The van der Waals surface area contributed by atoms with Gasteiger partial charge in [-0.2, -0.15) is 0 Å². The smallest absolute Gasteiger partial charge is 0.169 e. The fourth-order valence-corrected chi connectivity index (χ4v) is 3.93. The highest BCUT2D eigenvalue weighted by atomic mass is 32.2. The van der Waals surface area contributed by atoms with E-state index in [1.165, 1.54) is 11.8 Å². The van der Waals surface area contributed by atoms with Crippen LogP contribution < -0.4 is 5.73 Å². The van der Waals surface area contributed by atoms with Gasteiger partial charge in [0.05, 0.1) is 17.4 Å². The first-order chi connectivity index (χ1) is 12.3. The monoisotopic (exact) mass is 353 g/mol. The molecular weight excluding hydrogens is 334 g/mol. The first-order valence-corrected chi connectivity index (χ1v) is 9.26. The molecule has 0 fully saturated rings. The lowest BCUT2D eigenvalue weighted by molar-refractivity contribution is 0.686. The predicted octanol–water partition coefficient (Wildman–Crippen LogP) is 2.96. The predicted molar refractivity (Wildman–Crippen MR) is 100 cm³/mol. The average Bonchev–Trinajstić information content (AvgIpc) is 3.20. The SMILES string of the molecule is CCn1c(SCCCn2cnc3c(N)ncnc32)nc2ccccc21. The van der Waals surface area contributed by atoms with Gasteiger partial charge in [-0.3, -0.25) is 0 Å². The van der Waals surface area contributed by atoms with Crippen LogP contribution in [0.5, 0.6) is 0 Å². The van der Waals surface area contributed by atoms with Crippen LogP contribution in [0.3, 0.4) is 0 Å². The van der Waals surface area contributed by atoms with Gasteiger partial charge in [0.25, 0.3) is 0 Å². The van der Waals surface area contributed by atoms with Crippen LogP contribution in [0.4, 0.5) is 5.82 Å². The van der Waals surface area contributed by atoms with Gasteiger partial charge >= 0.3 is 0 Å². The summed E-state index contributed by atoms with van der Waals surface area (Å²) in [5.74, 6) is 1.40. The maximum Gasteiger partial charge on any atom is 0.169 e. The van der Waals surface area contributed by atoms with E-state index in [1.807, 2.05) is 10.6 Å². The summed E-state index contributed by atoms with van der Waals surface area (Å²) in [4.78, 5) is 17.3. The lowest BCUT2D eigenvalue weighted by atomic mass is 10.3. The van der Waals surface area contributed by atoms with Crippen LogP contribution in [-0.4, -0.2) is 34.8 Å². The number of benzene rings is 1. The molecule has 128 valence electrons. The Kier molecular flexibility index (Phi) is 4.27. The number of nitrogen functional groups attached to an aromatic ring is 1. The van der Waals surface area contributed by atoms with Crippen LogP contribution in [0.1, 0.15) is 13.3 Å². The largest absolute Gasteiger partial charge is 0.382 e. The number of imidazole rings is 2. The number of nitrogens with two attached hydrogens (primary N) is 1. The number of hydrogen-bond donors (Lipinski definition) is 1. The second-order valence-corrected chi connectivity index (χ2v) is 6.76. The topological polar surface area (TPSA) is 87.4 Å². The van der Waals surface area contributed by atoms with E-state index in [0.717, 1.165) is 41.6 Å². The van der Waals surface area contributed by atoms with Crippen molar-refractivity contribution in [3.8, 4) is 0 Å². The number of aryl methyl sites for hydroxylation is 2. The van der Waals surface area contributed by atoms with E-state index >= 15 is 0 Å². The highest BCUT2D eigenvalue weighted by Crippen LogP contribution is 2.24. The van der Waals surface area contributed by atoms with E-state index in [1.54, 1.807) is 18.1 Å². The van der Waals surface area contributed by atoms with Crippen LogP contribution >= 0.6 is 11.8 Å². The zero-order chi connectivity index (χ0) is 17.2. The number of rotatable bonds is 6. The Morgan fingerprint density at radius 1 is 1.16 bits per heavy atom. The Balaban J connectivity index is 1.43. The van der Waals surface area contributed by atoms with Crippen molar-refractivity contribution in [1.29, 1.82) is 0 Å². The van der Waals surface area contributed by atoms with E-state index in [2.05, 4.69) is 44.6 Å². The van der Waals surface area contributed by atoms with E-state index < -0.39 is 0 Å². The fraction of sp³-hybridized carbons (Fsp3) is 0.294. The number of nitrogens with zero attached hydrogens (tertiary/aromatic N) is 6. The summed E-state index contributed by atoms with van der Waals surface area (Å²) in [6.45, 7) is 3.91. The molecule has 0 radical (unpaired) electrons. The average molecular weight is 353 g/mol. The first kappa shape index (κ1) is 15.9. The summed E-state index contributed by atoms with van der Waals surface area (Å²) in [6.07, 6.45) is 4.25. The molecule has 0 aliphatic carbocycles. The van der Waals surface area contributed by atoms with Gasteiger partial charge in [-0.25, -0.2) is 19.9 Å². The number of aromatic nitrogens is 6. The van der Waals surface area contributed by atoms with Crippen molar-refractivity contribution in [3.63, 3.8) is 0 Å². The molecular formula is C17H19N7S. The van der Waals surface area contributed by atoms with Gasteiger partial charge in [0, 0.05) is 18.8 Å². The van der Waals surface area contributed by atoms with Crippen molar-refractivity contribution >= 4 is 39.8 Å². The molecule has 0 saturated carbocycles. The summed E-state index contributed by atoms with van der Waals surface area (Å²) in [7, 11) is 0. The Morgan fingerprint density at radius 2 is 2.04 bits per heavy atom. The molecule has 8 heteroatoms. The van der Waals surface area contributed by atoms with Crippen LogP contribution in [-0.2, 0) is 13.1 Å². The molecule has 3 aromatic heterocycles. The molecule has 0 unspecified atom stereocenters. The summed E-state index contributed by atoms with van der Waals surface area (Å²) < 4.78 is 4.29. The Morgan fingerprint density at radius 3 is 2.92 bits per heavy atom. The molecule has 4 aromatic rings. The van der Waals surface area contributed by atoms with Gasteiger partial charge in [-0.15, -0.1) is 0 Å². The van der Waals surface area contributed by atoms with Gasteiger partial charge < -0.3 is 14.9 Å². The molecule has 1 aromatic carbocycles. The van der Waals surface area contributed by atoms with Gasteiger partial charge in [0.1, 0.15) is 11.8 Å². The number of para-hydroxylation sites is 2. The highest BCUT2D eigenvalue weighted by molar-refractivity contribution is 7.99. The standard InChI is InChI=1S/C17H19N7S/c1-2-24-13-7-4-3-6-12(13)22-17(24)25-9-5-8-23-11-21-14-15(18)19-10-20-16(14)23/h3-4,6-7,10-11H,2,5,8-9H2,1H3,(H2,18,19,20). The van der Waals surface area contributed by atoms with Crippen molar-refractivity contribution in [3.05, 3.63) is 36.9 Å². The van der Waals surface area contributed by atoms with Crippen LogP contribution in [0.15, 0.2) is 42.1 Å². The number of hydrogen-bond acceptors (Lipinski definition) is 6. The van der Waals surface area contributed by atoms with Crippen LogP contribution in [0.25, 0.3) is 22.2 Å². The fourth-order valence-electron chi connectivity index (χ4n) is 2.93. The van der Waals surface area contributed by atoms with E-state index in [-0.39, 0.29) is 0 Å². The summed E-state index contributed by atoms with van der Waals surface area (Å²) >= 11 is 1.79. The number of thioether (sulfide) groups is 1. The normalized spacial score (nSPS) is 11.6. The third kappa shape index (κ3) is 2.93. The molecule has 4 rings (SSSR count). The molecule has 0 aliphatic heterocycles. The van der Waals surface area contributed by atoms with Gasteiger partial charge in [0.2, 0.25) is 0 Å². The summed E-state index contributed by atoms with van der Waals surface area (Å²) in [5, 5.41) is 1.07. The van der Waals surface area contributed by atoms with Crippen LogP contribution in [0, 0.1) is 0 Å². The first-order valence-electron chi connectivity index (χ1n) is 8.27. The lowest BCUT2D eigenvalue weighted by Gasteiger charge is -2.06. The third-order valence-corrected chi connectivity index (χ3v) is 5.20. The number of fused-ring (bicyclic) bond motifs is 2. The molecule has 2 N–H and O–H groups in total. The van der Waals surface area contributed by atoms with Crippen LogP contribution in [0.2, 0.25) is 0 Å². The van der Waals surface area contributed by atoms with Crippen molar-refractivity contribution in [2.45, 2.75) is 31.6 Å². The molecule has 25 heavy (non-hydrogen) atoms. The number of anilines is 1. The summed E-state index contributed by atoms with van der Waals surface area (Å²) in [5.41, 5.74) is 9.54. The molecule has 7 nitrogen and oxygen atoms in total. The lowest BCUT2D eigenvalue weighted by Crippen LogP contribution is -2.01. The molecule has 0 aliphatic rings. The Bertz CT molecular complexity index is 1020. The van der Waals surface area contributed by atoms with Gasteiger partial charge in [0.15, 0.2) is 16.6 Å². The minimum atomic E-state index is 0.426. The highest BCUT2D eigenvalue weighted by Gasteiger charge is 2.10. The molecule has 0 bridgehead atoms. The second kappa shape index (κ2) is 6.72. The maximum atomic E-state index is 5.83. The van der Waals surface area contributed by atoms with Crippen molar-refractivity contribution in [1.82, 2.24) is 29.1 Å². The van der Waals surface area contributed by atoms with Crippen molar-refractivity contribution in [2.24, 2.45) is 0 Å². The van der Waals surface area contributed by atoms with Gasteiger partial charge in [-0.1, -0.05) is 23.9 Å². The van der Waals surface area contributed by atoms with E-state index in [0.29, 0.717) is 11.3 Å². The Hall–Kier alpha value is -2.61. The van der Waals surface area contributed by atoms with Gasteiger partial charge in [-0.05, 0) is 25.5 Å². The molecule has 0 saturated heterocycles. The summed E-state index contributed by atoms with van der Waals surface area (Å²) in [6, 6.07) is 8.27. The minimum absolute atomic E-state index is 0.426. The molecule has 0 spiro atoms. The zero-order valence-corrected chi connectivity index (χ0v) is 14.8.